The van der Waals surface area contributed by atoms with E-state index < -0.39 is 17.0 Å². The summed E-state index contributed by atoms with van der Waals surface area (Å²) in [5, 5.41) is 0. The average molecular weight is 426 g/mol. The molecule has 0 aliphatic carbocycles. The zero-order valence-corrected chi connectivity index (χ0v) is 18.3. The molecule has 0 fully saturated rings. The van der Waals surface area contributed by atoms with Gasteiger partial charge < -0.3 is 15.0 Å². The molecule has 1 heterocycles. The van der Waals surface area contributed by atoms with E-state index in [0.29, 0.717) is 5.82 Å². The van der Waals surface area contributed by atoms with Crippen LogP contribution >= 0.6 is 0 Å². The Kier molecular flexibility index (Phi) is 5.93. The molecule has 1 unspecified atom stereocenters. The number of rotatable bonds is 8. The van der Waals surface area contributed by atoms with E-state index in [1.807, 2.05) is 67.7 Å². The second kappa shape index (κ2) is 8.81. The Morgan fingerprint density at radius 1 is 0.875 bits per heavy atom. The number of hydrogen-bond acceptors (Lipinski definition) is 3. The van der Waals surface area contributed by atoms with Crippen molar-refractivity contribution < 1.29 is 9.53 Å². The van der Waals surface area contributed by atoms with Gasteiger partial charge in [0.2, 0.25) is 5.91 Å². The van der Waals surface area contributed by atoms with Crippen molar-refractivity contribution in [1.82, 2.24) is 9.55 Å². The maximum absolute atomic E-state index is 11.9. The topological polar surface area (TPSA) is 70.1 Å². The van der Waals surface area contributed by atoms with E-state index in [4.69, 9.17) is 10.5 Å². The van der Waals surface area contributed by atoms with Crippen molar-refractivity contribution in [2.45, 2.75) is 24.5 Å². The standard InChI is InChI=1S/C27H27N3O2/c1-26(32-2,20-24(28)31)25-29-18-19-30(25)27(21-12-6-3-7-13-21,22-14-8-4-9-15-22)23-16-10-5-11-17-23/h3-19H,20H2,1-2H3,(H2,28,31). The Morgan fingerprint density at radius 2 is 1.31 bits per heavy atom. The Morgan fingerprint density at radius 3 is 1.69 bits per heavy atom. The summed E-state index contributed by atoms with van der Waals surface area (Å²) < 4.78 is 7.96. The average Bonchev–Trinajstić information content (AvgIpc) is 3.32. The third-order valence-electron chi connectivity index (χ3n) is 6.01. The molecule has 0 saturated heterocycles. The Labute approximate surface area is 188 Å². The van der Waals surface area contributed by atoms with Gasteiger partial charge in [-0.15, -0.1) is 0 Å². The minimum absolute atomic E-state index is 0.00889. The SMILES string of the molecule is COC(C)(CC(N)=O)c1nccn1C(c1ccccc1)(c1ccccc1)c1ccccc1. The zero-order chi connectivity index (χ0) is 22.6. The van der Waals surface area contributed by atoms with Crippen LogP contribution in [0.3, 0.4) is 0 Å². The van der Waals surface area contributed by atoms with Crippen LogP contribution in [0.5, 0.6) is 0 Å². The molecule has 0 aliphatic heterocycles. The first-order chi connectivity index (χ1) is 15.5. The lowest BCUT2D eigenvalue weighted by Crippen LogP contribution is -2.43. The fourth-order valence-corrected chi connectivity index (χ4v) is 4.50. The number of carbonyl (C=O) groups is 1. The predicted octanol–water partition coefficient (Wildman–Crippen LogP) is 4.46. The lowest BCUT2D eigenvalue weighted by molar-refractivity contribution is -0.124. The molecule has 0 saturated carbocycles. The predicted molar refractivity (Wildman–Crippen MR) is 125 cm³/mol. The number of hydrogen-bond donors (Lipinski definition) is 1. The van der Waals surface area contributed by atoms with Crippen molar-refractivity contribution >= 4 is 5.91 Å². The van der Waals surface area contributed by atoms with Gasteiger partial charge >= 0.3 is 0 Å². The third-order valence-corrected chi connectivity index (χ3v) is 6.01. The van der Waals surface area contributed by atoms with Gasteiger partial charge in [0.1, 0.15) is 17.0 Å². The van der Waals surface area contributed by atoms with Crippen LogP contribution in [-0.2, 0) is 20.7 Å². The van der Waals surface area contributed by atoms with Gasteiger partial charge in [0.15, 0.2) is 0 Å². The van der Waals surface area contributed by atoms with E-state index in [9.17, 15) is 4.79 Å². The largest absolute Gasteiger partial charge is 0.370 e. The van der Waals surface area contributed by atoms with Crippen LogP contribution in [0.25, 0.3) is 0 Å². The first-order valence-electron chi connectivity index (χ1n) is 10.6. The molecule has 3 aromatic carbocycles. The summed E-state index contributed by atoms with van der Waals surface area (Å²) >= 11 is 0. The summed E-state index contributed by atoms with van der Waals surface area (Å²) in [5.41, 5.74) is 7.04. The molecular formula is C27H27N3O2. The normalized spacial score (nSPS) is 13.4. The van der Waals surface area contributed by atoms with Crippen molar-refractivity contribution in [3.8, 4) is 0 Å². The Balaban J connectivity index is 2.12. The summed E-state index contributed by atoms with van der Waals surface area (Å²) in [6.07, 6.45) is 3.70. The number of primary amides is 1. The van der Waals surface area contributed by atoms with Crippen molar-refractivity contribution in [2.24, 2.45) is 5.73 Å². The quantitative estimate of drug-likeness (QED) is 0.424. The molecule has 5 heteroatoms. The van der Waals surface area contributed by atoms with Crippen LogP contribution in [0, 0.1) is 0 Å². The highest BCUT2D eigenvalue weighted by molar-refractivity contribution is 5.75. The number of methoxy groups -OCH3 is 1. The summed E-state index contributed by atoms with van der Waals surface area (Å²) in [6, 6.07) is 30.9. The van der Waals surface area contributed by atoms with Gasteiger partial charge in [0.25, 0.3) is 0 Å². The molecule has 4 aromatic rings. The summed E-state index contributed by atoms with van der Waals surface area (Å²) in [4.78, 5) is 16.6. The van der Waals surface area contributed by atoms with E-state index in [1.54, 1.807) is 13.3 Å². The molecule has 4 rings (SSSR count). The van der Waals surface area contributed by atoms with Gasteiger partial charge in [0, 0.05) is 19.5 Å². The van der Waals surface area contributed by atoms with Gasteiger partial charge in [-0.1, -0.05) is 91.0 Å². The molecule has 1 aromatic heterocycles. The molecule has 0 spiro atoms. The summed E-state index contributed by atoms with van der Waals surface area (Å²) in [5.74, 6) is 0.170. The van der Waals surface area contributed by atoms with Crippen LogP contribution < -0.4 is 5.73 Å². The fraction of sp³-hybridized carbons (Fsp3) is 0.185. The van der Waals surface area contributed by atoms with Crippen LogP contribution in [0.1, 0.15) is 35.9 Å². The van der Waals surface area contributed by atoms with Crippen molar-refractivity contribution in [3.05, 3.63) is 126 Å². The first-order valence-corrected chi connectivity index (χ1v) is 10.6. The van der Waals surface area contributed by atoms with E-state index in [1.165, 1.54) is 0 Å². The minimum Gasteiger partial charge on any atom is -0.370 e. The van der Waals surface area contributed by atoms with Crippen molar-refractivity contribution in [3.63, 3.8) is 0 Å². The van der Waals surface area contributed by atoms with Gasteiger partial charge in [-0.25, -0.2) is 4.98 Å². The summed E-state index contributed by atoms with van der Waals surface area (Å²) in [7, 11) is 1.58. The number of nitrogens with zero attached hydrogens (tertiary/aromatic N) is 2. The number of carbonyl (C=O) groups excluding carboxylic acids is 1. The molecule has 0 radical (unpaired) electrons. The van der Waals surface area contributed by atoms with Crippen LogP contribution in [0.2, 0.25) is 0 Å². The highest BCUT2D eigenvalue weighted by Crippen LogP contribution is 2.43. The number of nitrogens with two attached hydrogens (primary N) is 1. The smallest absolute Gasteiger partial charge is 0.220 e. The molecule has 0 aliphatic rings. The first kappa shape index (κ1) is 21.5. The Hall–Kier alpha value is -3.70. The minimum atomic E-state index is -1.00. The summed E-state index contributed by atoms with van der Waals surface area (Å²) in [6.45, 7) is 1.85. The highest BCUT2D eigenvalue weighted by atomic mass is 16.5. The van der Waals surface area contributed by atoms with Gasteiger partial charge in [-0.05, 0) is 23.6 Å². The number of aromatic nitrogens is 2. The molecule has 0 bridgehead atoms. The fourth-order valence-electron chi connectivity index (χ4n) is 4.50. The van der Waals surface area contributed by atoms with Crippen molar-refractivity contribution in [2.75, 3.05) is 7.11 Å². The number of ether oxygens (including phenoxy) is 1. The van der Waals surface area contributed by atoms with Gasteiger partial charge in [-0.3, -0.25) is 4.79 Å². The monoisotopic (exact) mass is 425 g/mol. The number of amides is 1. The molecule has 1 amide bonds. The molecule has 2 N–H and O–H groups in total. The molecular weight excluding hydrogens is 398 g/mol. The molecule has 5 nitrogen and oxygen atoms in total. The Bertz CT molecular complexity index is 1080. The van der Waals surface area contributed by atoms with Gasteiger partial charge in [0.05, 0.1) is 6.42 Å². The zero-order valence-electron chi connectivity index (χ0n) is 18.3. The number of imidazole rings is 1. The second-order valence-electron chi connectivity index (χ2n) is 8.01. The van der Waals surface area contributed by atoms with E-state index >= 15 is 0 Å². The van der Waals surface area contributed by atoms with E-state index in [0.717, 1.165) is 16.7 Å². The van der Waals surface area contributed by atoms with Crippen molar-refractivity contribution in [1.29, 1.82) is 0 Å². The lowest BCUT2D eigenvalue weighted by Gasteiger charge is -2.41. The van der Waals surface area contributed by atoms with Gasteiger partial charge in [-0.2, -0.15) is 0 Å². The second-order valence-corrected chi connectivity index (χ2v) is 8.01. The molecule has 1 atom stereocenters. The molecule has 32 heavy (non-hydrogen) atoms. The maximum Gasteiger partial charge on any atom is 0.220 e. The highest BCUT2D eigenvalue weighted by Gasteiger charge is 2.43. The van der Waals surface area contributed by atoms with E-state index in [2.05, 4.69) is 45.9 Å². The number of benzene rings is 3. The van der Waals surface area contributed by atoms with Crippen LogP contribution in [0.15, 0.2) is 103 Å². The third kappa shape index (κ3) is 3.61. The van der Waals surface area contributed by atoms with Crippen LogP contribution in [-0.4, -0.2) is 22.6 Å². The maximum atomic E-state index is 11.9. The lowest BCUT2D eigenvalue weighted by atomic mass is 9.76. The molecule has 162 valence electrons. The van der Waals surface area contributed by atoms with E-state index in [-0.39, 0.29) is 6.42 Å². The van der Waals surface area contributed by atoms with Crippen LogP contribution in [0.4, 0.5) is 0 Å².